The van der Waals surface area contributed by atoms with Crippen LogP contribution in [-0.2, 0) is 9.53 Å². The molecule has 0 atom stereocenters. The van der Waals surface area contributed by atoms with Gasteiger partial charge in [0.15, 0.2) is 6.73 Å². The van der Waals surface area contributed by atoms with Crippen molar-refractivity contribution >= 4 is 6.41 Å². The van der Waals surface area contributed by atoms with E-state index in [9.17, 15) is 4.79 Å². The molecule has 1 amide bonds. The molecule has 4 nitrogen and oxygen atoms in total. The van der Waals surface area contributed by atoms with Gasteiger partial charge in [0.1, 0.15) is 0 Å². The second kappa shape index (κ2) is 6.23. The van der Waals surface area contributed by atoms with Crippen LogP contribution in [0, 0.1) is 0 Å². The number of ether oxygens (including phenoxy) is 1. The molecular weight excluding hydrogens is 108 g/mol. The lowest BCUT2D eigenvalue weighted by molar-refractivity contribution is -0.107. The van der Waals surface area contributed by atoms with Gasteiger partial charge in [-0.1, -0.05) is 0 Å². The predicted octanol–water partition coefficient (Wildman–Crippen LogP) is 0.589. The molecule has 0 aromatic rings. The molecule has 0 spiro atoms. The van der Waals surface area contributed by atoms with Crippen LogP contribution in [-0.4, -0.2) is 19.7 Å². The minimum Gasteiger partial charge on any atom is -0.358 e. The zero-order valence-electron chi connectivity index (χ0n) is 4.70. The number of nitrogens with zero attached hydrogens (tertiary/aromatic N) is 2. The van der Waals surface area contributed by atoms with Crippen molar-refractivity contribution in [2.45, 2.75) is 6.92 Å². The van der Waals surface area contributed by atoms with Crippen LogP contribution in [0.2, 0.25) is 0 Å². The van der Waals surface area contributed by atoms with Gasteiger partial charge in [0.05, 0.1) is 0 Å². The molecule has 0 N–H and O–H groups in total. The highest BCUT2D eigenvalue weighted by Gasteiger charge is 1.73. The standard InChI is InChI=1S/C4H8N2O2/c1-2-8-4-6-5-3-7/h3H,2,4H2,1H3/b6-5+. The maximum Gasteiger partial charge on any atom is 0.252 e. The summed E-state index contributed by atoms with van der Waals surface area (Å²) in [5.74, 6) is 0. The molecule has 4 heteroatoms. The van der Waals surface area contributed by atoms with Crippen LogP contribution in [0.15, 0.2) is 10.2 Å². The molecule has 8 heavy (non-hydrogen) atoms. The Kier molecular flexibility index (Phi) is 5.63. The summed E-state index contributed by atoms with van der Waals surface area (Å²) in [7, 11) is 0. The van der Waals surface area contributed by atoms with E-state index in [1.165, 1.54) is 0 Å². The zero-order valence-corrected chi connectivity index (χ0v) is 4.70. The Hall–Kier alpha value is -0.770. The molecule has 46 valence electrons. The average Bonchev–Trinajstić information content (AvgIpc) is 1.81. The number of carbonyl (C=O) groups excluding carboxylic acids is 1. The molecule has 0 aromatic carbocycles. The summed E-state index contributed by atoms with van der Waals surface area (Å²) >= 11 is 0. The number of rotatable bonds is 4. The number of azo groups is 1. The van der Waals surface area contributed by atoms with Crippen LogP contribution in [0.4, 0.5) is 0 Å². The third-order valence-corrected chi connectivity index (χ3v) is 0.482. The van der Waals surface area contributed by atoms with Gasteiger partial charge in [0.2, 0.25) is 0 Å². The van der Waals surface area contributed by atoms with Crippen molar-refractivity contribution in [1.29, 1.82) is 0 Å². The van der Waals surface area contributed by atoms with Crippen molar-refractivity contribution in [1.82, 2.24) is 0 Å². The molecule has 0 aromatic heterocycles. The quantitative estimate of drug-likeness (QED) is 0.306. The molecule has 0 fully saturated rings. The Balaban J connectivity index is 2.91. The smallest absolute Gasteiger partial charge is 0.252 e. The van der Waals surface area contributed by atoms with Gasteiger partial charge in [0, 0.05) is 6.61 Å². The molecule has 0 aliphatic carbocycles. The second-order valence-corrected chi connectivity index (χ2v) is 0.984. The first-order valence-corrected chi connectivity index (χ1v) is 2.29. The first-order valence-electron chi connectivity index (χ1n) is 2.29. The summed E-state index contributed by atoms with van der Waals surface area (Å²) in [4.78, 5) is 9.45. The van der Waals surface area contributed by atoms with Gasteiger partial charge < -0.3 is 4.74 Å². The van der Waals surface area contributed by atoms with E-state index in [2.05, 4.69) is 10.2 Å². The van der Waals surface area contributed by atoms with Crippen molar-refractivity contribution in [2.75, 3.05) is 13.3 Å². The van der Waals surface area contributed by atoms with Crippen LogP contribution in [0.5, 0.6) is 0 Å². The monoisotopic (exact) mass is 116 g/mol. The molecule has 0 rings (SSSR count). The first-order chi connectivity index (χ1) is 3.91. The van der Waals surface area contributed by atoms with Gasteiger partial charge in [-0.05, 0) is 6.92 Å². The van der Waals surface area contributed by atoms with E-state index in [1.807, 2.05) is 6.92 Å². The minimum atomic E-state index is 0.176. The van der Waals surface area contributed by atoms with E-state index < -0.39 is 0 Å². The van der Waals surface area contributed by atoms with Gasteiger partial charge in [-0.15, -0.1) is 5.11 Å². The third kappa shape index (κ3) is 5.23. The summed E-state index contributed by atoms with van der Waals surface area (Å²) < 4.78 is 4.72. The highest BCUT2D eigenvalue weighted by atomic mass is 16.5. The Labute approximate surface area is 47.6 Å². The second-order valence-electron chi connectivity index (χ2n) is 0.984. The van der Waals surface area contributed by atoms with Crippen LogP contribution in [0.25, 0.3) is 0 Å². The van der Waals surface area contributed by atoms with E-state index in [0.29, 0.717) is 13.0 Å². The Morgan fingerprint density at radius 3 is 3.00 bits per heavy atom. The van der Waals surface area contributed by atoms with Gasteiger partial charge in [-0.2, -0.15) is 5.11 Å². The lowest BCUT2D eigenvalue weighted by Crippen LogP contribution is -1.87. The number of carbonyl (C=O) groups is 1. The maximum absolute atomic E-state index is 9.45. The Morgan fingerprint density at radius 1 is 1.75 bits per heavy atom. The highest BCUT2D eigenvalue weighted by molar-refractivity contribution is 5.45. The maximum atomic E-state index is 9.45. The largest absolute Gasteiger partial charge is 0.358 e. The SMILES string of the molecule is CCOC/N=N/C=O. The topological polar surface area (TPSA) is 51.0 Å². The van der Waals surface area contributed by atoms with Gasteiger partial charge in [0.25, 0.3) is 6.41 Å². The first kappa shape index (κ1) is 7.23. The molecule has 0 aliphatic heterocycles. The zero-order chi connectivity index (χ0) is 6.24. The molecule has 0 saturated heterocycles. The summed E-state index contributed by atoms with van der Waals surface area (Å²) in [5.41, 5.74) is 0. The fourth-order valence-corrected chi connectivity index (χ4v) is 0.199. The van der Waals surface area contributed by atoms with E-state index in [1.54, 1.807) is 0 Å². The summed E-state index contributed by atoms with van der Waals surface area (Å²) in [6, 6.07) is 0. The van der Waals surface area contributed by atoms with E-state index in [-0.39, 0.29) is 6.73 Å². The lowest BCUT2D eigenvalue weighted by atomic mass is 10.9. The third-order valence-electron chi connectivity index (χ3n) is 0.482. The fraction of sp³-hybridized carbons (Fsp3) is 0.750. The van der Waals surface area contributed by atoms with E-state index in [4.69, 9.17) is 4.74 Å². The van der Waals surface area contributed by atoms with Gasteiger partial charge >= 0.3 is 0 Å². The number of amides is 1. The van der Waals surface area contributed by atoms with Crippen LogP contribution < -0.4 is 0 Å². The molecule has 0 heterocycles. The minimum absolute atomic E-state index is 0.176. The van der Waals surface area contributed by atoms with Crippen LogP contribution in [0.3, 0.4) is 0 Å². The molecule has 0 bridgehead atoms. The fourth-order valence-electron chi connectivity index (χ4n) is 0.199. The summed E-state index contributed by atoms with van der Waals surface area (Å²) in [6.45, 7) is 2.61. The van der Waals surface area contributed by atoms with E-state index in [0.717, 1.165) is 0 Å². The van der Waals surface area contributed by atoms with Crippen LogP contribution >= 0.6 is 0 Å². The number of hydrogen-bond acceptors (Lipinski definition) is 3. The Bertz CT molecular complexity index is 82.1. The average molecular weight is 116 g/mol. The summed E-state index contributed by atoms with van der Waals surface area (Å²) in [6.07, 6.45) is 0.374. The molecular formula is C4H8N2O2. The van der Waals surface area contributed by atoms with Crippen molar-refractivity contribution in [3.63, 3.8) is 0 Å². The molecule has 0 saturated carbocycles. The highest BCUT2D eigenvalue weighted by Crippen LogP contribution is 1.74. The van der Waals surface area contributed by atoms with Crippen LogP contribution in [0.1, 0.15) is 6.92 Å². The number of hydrogen-bond donors (Lipinski definition) is 0. The van der Waals surface area contributed by atoms with Crippen molar-refractivity contribution in [3.05, 3.63) is 0 Å². The van der Waals surface area contributed by atoms with Crippen molar-refractivity contribution in [2.24, 2.45) is 10.2 Å². The summed E-state index contributed by atoms with van der Waals surface area (Å²) in [5, 5.41) is 6.34. The molecule has 0 radical (unpaired) electrons. The van der Waals surface area contributed by atoms with Gasteiger partial charge in [-0.25, -0.2) is 0 Å². The molecule has 0 aliphatic rings. The van der Waals surface area contributed by atoms with Gasteiger partial charge in [-0.3, -0.25) is 4.79 Å². The normalized spacial score (nSPS) is 10.1. The molecule has 0 unspecified atom stereocenters. The van der Waals surface area contributed by atoms with E-state index >= 15 is 0 Å². The van der Waals surface area contributed by atoms with Crippen molar-refractivity contribution < 1.29 is 9.53 Å². The Morgan fingerprint density at radius 2 is 2.50 bits per heavy atom. The predicted molar refractivity (Wildman–Crippen MR) is 27.4 cm³/mol. The van der Waals surface area contributed by atoms with Crippen molar-refractivity contribution in [3.8, 4) is 0 Å². The lowest BCUT2D eigenvalue weighted by Gasteiger charge is -1.87.